The number of halogens is 6. The number of nitrogens with zero attached hydrogens (tertiary/aromatic N) is 2. The number of aromatic amines is 1. The third kappa shape index (κ3) is 4.33. The van der Waals surface area contributed by atoms with Crippen LogP contribution in [0.15, 0.2) is 47.4 Å². The van der Waals surface area contributed by atoms with Crippen LogP contribution in [0.25, 0.3) is 11.0 Å². The Hall–Kier alpha value is -2.60. The highest BCUT2D eigenvalue weighted by Gasteiger charge is 2.39. The van der Waals surface area contributed by atoms with Gasteiger partial charge in [0.2, 0.25) is 10.0 Å². The predicted molar refractivity (Wildman–Crippen MR) is 103 cm³/mol. The summed E-state index contributed by atoms with van der Waals surface area (Å²) in [6.45, 7) is -0.108. The van der Waals surface area contributed by atoms with Crippen molar-refractivity contribution in [1.82, 2.24) is 14.3 Å². The average Bonchev–Trinajstić information content (AvgIpc) is 3.16. The highest BCUT2D eigenvalue weighted by molar-refractivity contribution is 7.89. The summed E-state index contributed by atoms with van der Waals surface area (Å²) in [6, 6.07) is 7.73. The van der Waals surface area contributed by atoms with Crippen molar-refractivity contribution in [1.29, 1.82) is 0 Å². The molecular weight excluding hydrogens is 460 g/mol. The summed E-state index contributed by atoms with van der Waals surface area (Å²) in [7, 11) is -4.56. The molecule has 0 unspecified atom stereocenters. The van der Waals surface area contributed by atoms with Gasteiger partial charge in [-0.3, -0.25) is 0 Å². The van der Waals surface area contributed by atoms with E-state index in [1.165, 1.54) is 0 Å². The molecule has 1 aliphatic heterocycles. The second kappa shape index (κ2) is 7.77. The number of hydrogen-bond donors (Lipinski definition) is 1. The molecular formula is C20H17F6N3O2S. The fourth-order valence-corrected chi connectivity index (χ4v) is 5.30. The lowest BCUT2D eigenvalue weighted by Gasteiger charge is -2.30. The Morgan fingerprint density at radius 1 is 0.906 bits per heavy atom. The summed E-state index contributed by atoms with van der Waals surface area (Å²) in [5.74, 6) is 0.558. The molecule has 5 nitrogen and oxygen atoms in total. The van der Waals surface area contributed by atoms with Gasteiger partial charge in [-0.2, -0.15) is 30.6 Å². The Labute approximate surface area is 179 Å². The van der Waals surface area contributed by atoms with Gasteiger partial charge in [-0.1, -0.05) is 12.1 Å². The van der Waals surface area contributed by atoms with E-state index in [2.05, 4.69) is 9.97 Å². The van der Waals surface area contributed by atoms with E-state index in [-0.39, 0.29) is 37.2 Å². The minimum atomic E-state index is -5.13. The first kappa shape index (κ1) is 22.6. The molecule has 12 heteroatoms. The van der Waals surface area contributed by atoms with E-state index in [4.69, 9.17) is 0 Å². The van der Waals surface area contributed by atoms with Crippen molar-refractivity contribution < 1.29 is 34.8 Å². The normalized spacial score (nSPS) is 17.2. The fourth-order valence-electron chi connectivity index (χ4n) is 3.76. The van der Waals surface area contributed by atoms with Crippen molar-refractivity contribution in [3.05, 3.63) is 59.4 Å². The first-order valence-electron chi connectivity index (χ1n) is 9.60. The molecule has 1 aromatic heterocycles. The first-order valence-corrected chi connectivity index (χ1v) is 11.0. The van der Waals surface area contributed by atoms with E-state index >= 15 is 0 Å². The maximum atomic E-state index is 13.1. The second-order valence-electron chi connectivity index (χ2n) is 7.56. The van der Waals surface area contributed by atoms with Gasteiger partial charge in [0.15, 0.2) is 0 Å². The number of H-pyrrole nitrogens is 1. The Morgan fingerprint density at radius 2 is 1.47 bits per heavy atom. The summed E-state index contributed by atoms with van der Waals surface area (Å²) in [5.41, 5.74) is -1.76. The largest absolute Gasteiger partial charge is 0.416 e. The van der Waals surface area contributed by atoms with E-state index in [9.17, 15) is 34.8 Å². The van der Waals surface area contributed by atoms with Crippen molar-refractivity contribution in [3.8, 4) is 0 Å². The second-order valence-corrected chi connectivity index (χ2v) is 9.50. The summed E-state index contributed by atoms with van der Waals surface area (Å²) >= 11 is 0. The van der Waals surface area contributed by atoms with Gasteiger partial charge in [-0.05, 0) is 43.2 Å². The van der Waals surface area contributed by atoms with E-state index in [1.807, 2.05) is 24.3 Å². The number of piperidine rings is 1. The van der Waals surface area contributed by atoms with Crippen molar-refractivity contribution in [2.24, 2.45) is 0 Å². The first-order chi connectivity index (χ1) is 14.9. The Bertz CT molecular complexity index is 1180. The van der Waals surface area contributed by atoms with Crippen molar-refractivity contribution in [2.45, 2.75) is 36.0 Å². The van der Waals surface area contributed by atoms with Gasteiger partial charge in [-0.15, -0.1) is 0 Å². The number of para-hydroxylation sites is 2. The average molecular weight is 477 g/mol. The van der Waals surface area contributed by atoms with Crippen molar-refractivity contribution in [3.63, 3.8) is 0 Å². The van der Waals surface area contributed by atoms with E-state index in [0.717, 1.165) is 15.3 Å². The number of rotatable bonds is 3. The lowest BCUT2D eigenvalue weighted by Crippen LogP contribution is -2.38. The molecule has 3 aromatic rings. The molecule has 2 heterocycles. The molecule has 0 saturated carbocycles. The zero-order valence-corrected chi connectivity index (χ0v) is 17.2. The van der Waals surface area contributed by atoms with Crippen LogP contribution in [0.4, 0.5) is 26.3 Å². The third-order valence-electron chi connectivity index (χ3n) is 5.45. The summed E-state index contributed by atoms with van der Waals surface area (Å²) in [4.78, 5) is 6.63. The molecule has 0 bridgehead atoms. The number of aromatic nitrogens is 2. The molecule has 172 valence electrons. The van der Waals surface area contributed by atoms with Crippen LogP contribution in [0.2, 0.25) is 0 Å². The van der Waals surface area contributed by atoms with Crippen LogP contribution in [-0.4, -0.2) is 35.8 Å². The lowest BCUT2D eigenvalue weighted by molar-refractivity contribution is -0.143. The zero-order chi connectivity index (χ0) is 23.3. The van der Waals surface area contributed by atoms with Crippen LogP contribution in [-0.2, 0) is 22.4 Å². The quantitative estimate of drug-likeness (QED) is 0.530. The minimum Gasteiger partial charge on any atom is -0.342 e. The Balaban J connectivity index is 1.59. The molecule has 1 N–H and O–H groups in total. The SMILES string of the molecule is O=S(=O)(c1cc(C(F)(F)F)cc(C(F)(F)F)c1)N1CCC(c2nc3ccccc3[nH]2)CC1. The third-order valence-corrected chi connectivity index (χ3v) is 7.32. The summed E-state index contributed by atoms with van der Waals surface area (Å²) in [5, 5.41) is 0. The van der Waals surface area contributed by atoms with Crippen LogP contribution in [0.5, 0.6) is 0 Å². The summed E-state index contributed by atoms with van der Waals surface area (Å²) < 4.78 is 105. The van der Waals surface area contributed by atoms with Gasteiger partial charge < -0.3 is 4.98 Å². The number of imidazole rings is 1. The van der Waals surface area contributed by atoms with Gasteiger partial charge in [0, 0.05) is 19.0 Å². The minimum absolute atomic E-state index is 0.0539. The van der Waals surface area contributed by atoms with Gasteiger partial charge in [-0.25, -0.2) is 13.4 Å². The van der Waals surface area contributed by atoms with Gasteiger partial charge in [0.1, 0.15) is 5.82 Å². The van der Waals surface area contributed by atoms with Gasteiger partial charge >= 0.3 is 12.4 Å². The van der Waals surface area contributed by atoms with Crippen LogP contribution in [0.3, 0.4) is 0 Å². The topological polar surface area (TPSA) is 66.1 Å². The molecule has 0 aliphatic carbocycles. The van der Waals surface area contributed by atoms with Crippen LogP contribution >= 0.6 is 0 Å². The van der Waals surface area contributed by atoms with Gasteiger partial charge in [0.25, 0.3) is 0 Å². The van der Waals surface area contributed by atoms with E-state index in [1.54, 1.807) is 0 Å². The fraction of sp³-hybridized carbons (Fsp3) is 0.350. The van der Waals surface area contributed by atoms with Crippen LogP contribution < -0.4 is 0 Å². The number of alkyl halides is 6. The van der Waals surface area contributed by atoms with E-state index in [0.29, 0.717) is 18.7 Å². The number of sulfonamides is 1. The molecule has 0 atom stereocenters. The van der Waals surface area contributed by atoms with Gasteiger partial charge in [0.05, 0.1) is 27.1 Å². The standard InChI is InChI=1S/C20H17F6N3O2S/c21-19(22,23)13-9-14(20(24,25)26)11-15(10-13)32(30,31)29-7-5-12(6-8-29)18-27-16-3-1-2-4-17(16)28-18/h1-4,9-12H,5-8H2,(H,27,28). The van der Waals surface area contributed by atoms with E-state index < -0.39 is 38.4 Å². The molecule has 0 amide bonds. The maximum absolute atomic E-state index is 13.1. The predicted octanol–water partition coefficient (Wildman–Crippen LogP) is 5.17. The monoisotopic (exact) mass is 477 g/mol. The summed E-state index contributed by atoms with van der Waals surface area (Å²) in [6.07, 6.45) is -9.60. The highest BCUT2D eigenvalue weighted by atomic mass is 32.2. The lowest BCUT2D eigenvalue weighted by atomic mass is 9.97. The Kier molecular flexibility index (Phi) is 5.48. The molecule has 0 spiro atoms. The number of benzene rings is 2. The van der Waals surface area contributed by atoms with Crippen molar-refractivity contribution in [2.75, 3.05) is 13.1 Å². The highest BCUT2D eigenvalue weighted by Crippen LogP contribution is 2.38. The number of nitrogens with one attached hydrogen (secondary N) is 1. The molecule has 4 rings (SSSR count). The molecule has 32 heavy (non-hydrogen) atoms. The Morgan fingerprint density at radius 3 is 2.00 bits per heavy atom. The van der Waals surface area contributed by atoms with Crippen LogP contribution in [0.1, 0.15) is 35.7 Å². The molecule has 1 aliphatic rings. The van der Waals surface area contributed by atoms with Crippen LogP contribution in [0, 0.1) is 0 Å². The molecule has 0 radical (unpaired) electrons. The number of fused-ring (bicyclic) bond motifs is 1. The smallest absolute Gasteiger partial charge is 0.342 e. The molecule has 1 saturated heterocycles. The van der Waals surface area contributed by atoms with Crippen molar-refractivity contribution >= 4 is 21.1 Å². The maximum Gasteiger partial charge on any atom is 0.416 e. The number of hydrogen-bond acceptors (Lipinski definition) is 3. The molecule has 1 fully saturated rings. The zero-order valence-electron chi connectivity index (χ0n) is 16.3. The molecule has 2 aromatic carbocycles.